The lowest BCUT2D eigenvalue weighted by Crippen LogP contribution is -2.23. The number of halogens is 1. The van der Waals surface area contributed by atoms with E-state index in [1.165, 1.54) is 0 Å². The van der Waals surface area contributed by atoms with E-state index in [-0.39, 0.29) is 5.41 Å². The molecule has 0 N–H and O–H groups in total. The molecule has 0 heterocycles. The summed E-state index contributed by atoms with van der Waals surface area (Å²) in [6.07, 6.45) is 4.24. The minimum atomic E-state index is -0.248. The fraction of sp³-hybridized carbons (Fsp3) is 0.462. The fourth-order valence-corrected chi connectivity index (χ4v) is 2.50. The summed E-state index contributed by atoms with van der Waals surface area (Å²) in [5, 5.41) is 9.21. The molecular formula is C13H14BrNO. The van der Waals surface area contributed by atoms with Gasteiger partial charge in [-0.05, 0) is 31.0 Å². The number of nitrogens with zero attached hydrogens (tertiary/aromatic N) is 1. The highest BCUT2D eigenvalue weighted by Crippen LogP contribution is 2.37. The molecule has 1 aromatic rings. The van der Waals surface area contributed by atoms with Crippen LogP contribution in [0, 0.1) is 16.7 Å². The summed E-state index contributed by atoms with van der Waals surface area (Å²) in [5.41, 5.74) is -0.248. The SMILES string of the molecule is N#CC1(COc2cccc(Br)c2)CCCC1. The van der Waals surface area contributed by atoms with Gasteiger partial charge in [-0.25, -0.2) is 0 Å². The van der Waals surface area contributed by atoms with Gasteiger partial charge < -0.3 is 4.74 Å². The molecule has 1 saturated carbocycles. The molecule has 0 spiro atoms. The second-order valence-electron chi connectivity index (χ2n) is 4.35. The van der Waals surface area contributed by atoms with E-state index in [0.29, 0.717) is 6.61 Å². The normalized spacial score (nSPS) is 18.0. The Morgan fingerprint density at radius 2 is 2.12 bits per heavy atom. The highest BCUT2D eigenvalue weighted by atomic mass is 79.9. The van der Waals surface area contributed by atoms with E-state index < -0.39 is 0 Å². The lowest BCUT2D eigenvalue weighted by molar-refractivity contribution is 0.201. The zero-order chi connectivity index (χ0) is 11.4. The van der Waals surface area contributed by atoms with Crippen LogP contribution >= 0.6 is 15.9 Å². The Kier molecular flexibility index (Phi) is 3.50. The molecule has 0 amide bonds. The maximum atomic E-state index is 9.21. The van der Waals surface area contributed by atoms with Gasteiger partial charge in [0.1, 0.15) is 12.4 Å². The molecule has 0 aliphatic heterocycles. The number of benzene rings is 1. The lowest BCUT2D eigenvalue weighted by Gasteiger charge is -2.20. The first-order valence-electron chi connectivity index (χ1n) is 5.54. The summed E-state index contributed by atoms with van der Waals surface area (Å²) in [5.74, 6) is 0.830. The van der Waals surface area contributed by atoms with Crippen LogP contribution in [0.1, 0.15) is 25.7 Å². The van der Waals surface area contributed by atoms with Gasteiger partial charge in [-0.2, -0.15) is 5.26 Å². The van der Waals surface area contributed by atoms with Crippen molar-refractivity contribution < 1.29 is 4.74 Å². The Balaban J connectivity index is 1.99. The third-order valence-corrected chi connectivity index (χ3v) is 3.60. The molecule has 1 aliphatic carbocycles. The van der Waals surface area contributed by atoms with Crippen LogP contribution in [0.3, 0.4) is 0 Å². The molecule has 0 unspecified atom stereocenters. The van der Waals surface area contributed by atoms with Gasteiger partial charge in [-0.15, -0.1) is 0 Å². The highest BCUT2D eigenvalue weighted by molar-refractivity contribution is 9.10. The molecule has 1 aliphatic rings. The zero-order valence-electron chi connectivity index (χ0n) is 9.08. The quantitative estimate of drug-likeness (QED) is 0.840. The first-order valence-corrected chi connectivity index (χ1v) is 6.33. The van der Waals surface area contributed by atoms with Crippen molar-refractivity contribution in [3.63, 3.8) is 0 Å². The highest BCUT2D eigenvalue weighted by Gasteiger charge is 2.34. The lowest BCUT2D eigenvalue weighted by atomic mass is 9.89. The summed E-state index contributed by atoms with van der Waals surface area (Å²) in [7, 11) is 0. The average molecular weight is 280 g/mol. The van der Waals surface area contributed by atoms with Crippen LogP contribution in [0.15, 0.2) is 28.7 Å². The maximum absolute atomic E-state index is 9.21. The summed E-state index contributed by atoms with van der Waals surface area (Å²) < 4.78 is 6.71. The Hall–Kier alpha value is -1.01. The van der Waals surface area contributed by atoms with Crippen molar-refractivity contribution in [2.75, 3.05) is 6.61 Å². The smallest absolute Gasteiger partial charge is 0.120 e. The molecule has 2 rings (SSSR count). The maximum Gasteiger partial charge on any atom is 0.120 e. The van der Waals surface area contributed by atoms with Crippen molar-refractivity contribution in [3.05, 3.63) is 28.7 Å². The van der Waals surface area contributed by atoms with Gasteiger partial charge in [-0.1, -0.05) is 34.8 Å². The zero-order valence-corrected chi connectivity index (χ0v) is 10.7. The molecule has 1 aromatic carbocycles. The second kappa shape index (κ2) is 4.88. The average Bonchev–Trinajstić information content (AvgIpc) is 2.76. The van der Waals surface area contributed by atoms with E-state index in [9.17, 15) is 5.26 Å². The van der Waals surface area contributed by atoms with Crippen molar-refractivity contribution in [3.8, 4) is 11.8 Å². The molecule has 84 valence electrons. The van der Waals surface area contributed by atoms with Crippen molar-refractivity contribution >= 4 is 15.9 Å². The third kappa shape index (κ3) is 2.56. The van der Waals surface area contributed by atoms with Crippen molar-refractivity contribution in [1.82, 2.24) is 0 Å². The van der Waals surface area contributed by atoms with Crippen LogP contribution in [0.2, 0.25) is 0 Å². The Labute approximate surface area is 104 Å². The Morgan fingerprint density at radius 3 is 2.75 bits per heavy atom. The van der Waals surface area contributed by atoms with E-state index in [4.69, 9.17) is 4.74 Å². The largest absolute Gasteiger partial charge is 0.492 e. The van der Waals surface area contributed by atoms with Gasteiger partial charge in [0.2, 0.25) is 0 Å². The van der Waals surface area contributed by atoms with E-state index in [0.717, 1.165) is 35.9 Å². The van der Waals surface area contributed by atoms with Crippen LogP contribution in [0.25, 0.3) is 0 Å². The fourth-order valence-electron chi connectivity index (χ4n) is 2.12. The molecule has 2 nitrogen and oxygen atoms in total. The van der Waals surface area contributed by atoms with Gasteiger partial charge in [0, 0.05) is 4.47 Å². The van der Waals surface area contributed by atoms with Crippen LogP contribution in [0.5, 0.6) is 5.75 Å². The molecule has 0 radical (unpaired) electrons. The number of hydrogen-bond acceptors (Lipinski definition) is 2. The van der Waals surface area contributed by atoms with E-state index in [2.05, 4.69) is 22.0 Å². The van der Waals surface area contributed by atoms with E-state index in [1.807, 2.05) is 24.3 Å². The second-order valence-corrected chi connectivity index (χ2v) is 5.26. The molecule has 3 heteroatoms. The van der Waals surface area contributed by atoms with Gasteiger partial charge in [-0.3, -0.25) is 0 Å². The van der Waals surface area contributed by atoms with Crippen LogP contribution < -0.4 is 4.74 Å². The monoisotopic (exact) mass is 279 g/mol. The van der Waals surface area contributed by atoms with Gasteiger partial charge in [0.25, 0.3) is 0 Å². The molecule has 0 saturated heterocycles. The molecular weight excluding hydrogens is 266 g/mol. The Bertz CT molecular complexity index is 405. The summed E-state index contributed by atoms with van der Waals surface area (Å²) >= 11 is 3.40. The predicted molar refractivity (Wildman–Crippen MR) is 66.2 cm³/mol. The van der Waals surface area contributed by atoms with Crippen molar-refractivity contribution in [2.24, 2.45) is 5.41 Å². The topological polar surface area (TPSA) is 33.0 Å². The standard InChI is InChI=1S/C13H14BrNO/c14-11-4-3-5-12(8-11)16-10-13(9-15)6-1-2-7-13/h3-5,8H,1-2,6-7,10H2. The van der Waals surface area contributed by atoms with E-state index in [1.54, 1.807) is 0 Å². The number of ether oxygens (including phenoxy) is 1. The molecule has 16 heavy (non-hydrogen) atoms. The first kappa shape index (κ1) is 11.5. The minimum absolute atomic E-state index is 0.248. The van der Waals surface area contributed by atoms with Gasteiger partial charge >= 0.3 is 0 Å². The van der Waals surface area contributed by atoms with Crippen LogP contribution in [0.4, 0.5) is 0 Å². The van der Waals surface area contributed by atoms with Gasteiger partial charge in [0.15, 0.2) is 0 Å². The molecule has 0 bridgehead atoms. The summed E-state index contributed by atoms with van der Waals surface area (Å²) in [6.45, 7) is 0.514. The van der Waals surface area contributed by atoms with Gasteiger partial charge in [0.05, 0.1) is 11.5 Å². The van der Waals surface area contributed by atoms with Crippen LogP contribution in [-0.2, 0) is 0 Å². The predicted octanol–water partition coefficient (Wildman–Crippen LogP) is 3.91. The van der Waals surface area contributed by atoms with Crippen LogP contribution in [-0.4, -0.2) is 6.61 Å². The molecule has 1 fully saturated rings. The summed E-state index contributed by atoms with van der Waals surface area (Å²) in [4.78, 5) is 0. The third-order valence-electron chi connectivity index (χ3n) is 3.11. The Morgan fingerprint density at radius 1 is 1.38 bits per heavy atom. The minimum Gasteiger partial charge on any atom is -0.492 e. The summed E-state index contributed by atoms with van der Waals surface area (Å²) in [6, 6.07) is 10.2. The number of rotatable bonds is 3. The van der Waals surface area contributed by atoms with Crippen molar-refractivity contribution in [2.45, 2.75) is 25.7 Å². The number of nitriles is 1. The molecule has 0 atom stereocenters. The van der Waals surface area contributed by atoms with E-state index >= 15 is 0 Å². The first-order chi connectivity index (χ1) is 7.74. The number of hydrogen-bond donors (Lipinski definition) is 0. The van der Waals surface area contributed by atoms with Crippen molar-refractivity contribution in [1.29, 1.82) is 5.26 Å². The molecule has 0 aromatic heterocycles.